The van der Waals surface area contributed by atoms with Gasteiger partial charge in [0.2, 0.25) is 5.96 Å². The molecule has 0 aliphatic carbocycles. The van der Waals surface area contributed by atoms with Crippen LogP contribution in [0.2, 0.25) is 0 Å². The summed E-state index contributed by atoms with van der Waals surface area (Å²) in [7, 11) is 0. The summed E-state index contributed by atoms with van der Waals surface area (Å²) in [6.45, 7) is 2.37. The van der Waals surface area contributed by atoms with Crippen LogP contribution < -0.4 is 10.6 Å². The summed E-state index contributed by atoms with van der Waals surface area (Å²) in [5.41, 5.74) is 0.850. The number of amides is 2. The summed E-state index contributed by atoms with van der Waals surface area (Å²) in [5.74, 6) is -3.62. The van der Waals surface area contributed by atoms with E-state index < -0.39 is 47.6 Å². The number of nitrogens with one attached hydrogen (secondary N) is 2. The molecule has 3 heterocycles. The van der Waals surface area contributed by atoms with Crippen LogP contribution in [0.25, 0.3) is 11.0 Å². The van der Waals surface area contributed by atoms with Crippen molar-refractivity contribution in [2.45, 2.75) is 38.5 Å². The lowest BCUT2D eigenvalue weighted by atomic mass is 9.94. The van der Waals surface area contributed by atoms with Gasteiger partial charge in [0.1, 0.15) is 28.7 Å². The van der Waals surface area contributed by atoms with Crippen LogP contribution in [0.3, 0.4) is 0 Å². The molecule has 1 fully saturated rings. The third-order valence-corrected chi connectivity index (χ3v) is 7.75. The number of aromatic hydroxyl groups is 2. The van der Waals surface area contributed by atoms with Gasteiger partial charge < -0.3 is 40.0 Å². The minimum Gasteiger partial charge on any atom is -0.507 e. The summed E-state index contributed by atoms with van der Waals surface area (Å²) in [5, 5.41) is 56.2. The number of aliphatic imine (C=N–C) groups is 1. The molecule has 230 valence electrons. The Balaban J connectivity index is 1.31. The Kier molecular flexibility index (Phi) is 8.59. The highest BCUT2D eigenvalue weighted by Gasteiger charge is 2.32. The van der Waals surface area contributed by atoms with Crippen LogP contribution in [0.4, 0.5) is 0 Å². The van der Waals surface area contributed by atoms with E-state index in [1.807, 2.05) is 19.1 Å². The van der Waals surface area contributed by atoms with Crippen LogP contribution in [-0.4, -0.2) is 92.3 Å². The predicted molar refractivity (Wildman–Crippen MR) is 156 cm³/mol. The number of carboxylic acid groups (broad SMARTS) is 1. The Labute approximate surface area is 251 Å². The van der Waals surface area contributed by atoms with Crippen molar-refractivity contribution in [1.82, 2.24) is 20.4 Å². The smallest absolute Gasteiger partial charge is 0.328 e. The van der Waals surface area contributed by atoms with Gasteiger partial charge in [-0.2, -0.15) is 5.26 Å². The molecule has 6 N–H and O–H groups in total. The highest BCUT2D eigenvalue weighted by molar-refractivity contribution is 6.02. The molecule has 14 nitrogen and oxygen atoms in total. The van der Waals surface area contributed by atoms with E-state index in [4.69, 9.17) is 9.68 Å². The molecule has 44 heavy (non-hydrogen) atoms. The fourth-order valence-electron chi connectivity index (χ4n) is 5.69. The van der Waals surface area contributed by atoms with Crippen molar-refractivity contribution in [2.24, 2.45) is 10.9 Å². The molecule has 14 heteroatoms. The van der Waals surface area contributed by atoms with Crippen molar-refractivity contribution >= 4 is 34.7 Å². The van der Waals surface area contributed by atoms with E-state index in [0.29, 0.717) is 29.7 Å². The van der Waals surface area contributed by atoms with Gasteiger partial charge in [-0.25, -0.2) is 9.79 Å². The van der Waals surface area contributed by atoms with Gasteiger partial charge in [-0.15, -0.1) is 0 Å². The van der Waals surface area contributed by atoms with Crippen LogP contribution in [0, 0.1) is 17.4 Å². The number of carbonyl (C=O) groups is 3. The Morgan fingerprint density at radius 2 is 1.95 bits per heavy atom. The summed E-state index contributed by atoms with van der Waals surface area (Å²) < 4.78 is 5.68. The number of aliphatic hydroxyl groups excluding tert-OH is 1. The topological polar surface area (TPSA) is 212 Å². The van der Waals surface area contributed by atoms with Gasteiger partial charge in [0.15, 0.2) is 12.0 Å². The number of phenols is 2. The second-order valence-electron chi connectivity index (χ2n) is 11.0. The molecule has 1 aromatic heterocycles. The zero-order valence-electron chi connectivity index (χ0n) is 23.9. The number of furan rings is 1. The Morgan fingerprint density at radius 1 is 1.18 bits per heavy atom. The number of nitrogens with zero attached hydrogens (tertiary/aromatic N) is 4. The Morgan fingerprint density at radius 3 is 2.66 bits per heavy atom. The number of guanidine groups is 1. The van der Waals surface area contributed by atoms with E-state index in [0.717, 1.165) is 5.39 Å². The van der Waals surface area contributed by atoms with Gasteiger partial charge in [-0.05, 0) is 42.5 Å². The minimum absolute atomic E-state index is 0.0409. The van der Waals surface area contributed by atoms with E-state index in [9.17, 15) is 34.8 Å². The molecular weight excluding hydrogens is 572 g/mol. The Bertz CT molecular complexity index is 1630. The maximum atomic E-state index is 13.2. The fourth-order valence-corrected chi connectivity index (χ4v) is 5.69. The summed E-state index contributed by atoms with van der Waals surface area (Å²) in [6.07, 6.45) is 1.85. The predicted octanol–water partition coefficient (Wildman–Crippen LogP) is 1.35. The number of carbonyl (C=O) groups excluding carboxylic acids is 2. The molecule has 2 amide bonds. The highest BCUT2D eigenvalue weighted by atomic mass is 16.4. The molecule has 0 spiro atoms. The van der Waals surface area contributed by atoms with E-state index in [1.165, 1.54) is 11.0 Å². The van der Waals surface area contributed by atoms with Crippen molar-refractivity contribution < 1.29 is 39.2 Å². The van der Waals surface area contributed by atoms with E-state index in [2.05, 4.69) is 15.6 Å². The first-order valence-corrected chi connectivity index (χ1v) is 14.1. The number of carboxylic acids is 1. The largest absolute Gasteiger partial charge is 0.507 e. The fraction of sp³-hybridized carbons (Fsp3) is 0.367. The van der Waals surface area contributed by atoms with E-state index in [1.54, 1.807) is 29.3 Å². The van der Waals surface area contributed by atoms with Crippen molar-refractivity contribution in [3.63, 3.8) is 0 Å². The molecule has 2 aromatic carbocycles. The lowest BCUT2D eigenvalue weighted by Crippen LogP contribution is -2.50. The van der Waals surface area contributed by atoms with Crippen LogP contribution in [0.5, 0.6) is 11.5 Å². The number of fused-ring (bicyclic) bond motifs is 2. The molecule has 1 saturated heterocycles. The van der Waals surface area contributed by atoms with Gasteiger partial charge in [-0.3, -0.25) is 14.9 Å². The number of nitriles is 1. The molecule has 3 aromatic rings. The van der Waals surface area contributed by atoms with Gasteiger partial charge >= 0.3 is 5.97 Å². The molecule has 0 bridgehead atoms. The monoisotopic (exact) mass is 604 g/mol. The first-order chi connectivity index (χ1) is 21.0. The zero-order chi connectivity index (χ0) is 31.5. The third kappa shape index (κ3) is 6.23. The van der Waals surface area contributed by atoms with Crippen molar-refractivity contribution in [3.05, 3.63) is 58.8 Å². The molecule has 2 aliphatic heterocycles. The number of hydrogen-bond acceptors (Lipinski definition) is 9. The molecule has 0 unspecified atom stereocenters. The highest BCUT2D eigenvalue weighted by Crippen LogP contribution is 2.37. The van der Waals surface area contributed by atoms with E-state index in [-0.39, 0.29) is 49.6 Å². The number of hydrogen-bond donors (Lipinski definition) is 6. The molecule has 0 saturated carbocycles. The first kappa shape index (κ1) is 30.2. The number of phenolic OH excluding ortho intramolecular Hbond substituents is 2. The number of para-hydroxylation sites is 1. The number of piperidine rings is 1. The van der Waals surface area contributed by atoms with Gasteiger partial charge in [-0.1, -0.05) is 25.1 Å². The normalized spacial score (nSPS) is 19.2. The quantitative estimate of drug-likeness (QED) is 0.102. The third-order valence-electron chi connectivity index (χ3n) is 7.75. The van der Waals surface area contributed by atoms with Crippen LogP contribution in [-0.2, 0) is 17.8 Å². The summed E-state index contributed by atoms with van der Waals surface area (Å²) in [6, 6.07) is 8.56. The molecule has 2 aliphatic rings. The van der Waals surface area contributed by atoms with Crippen LogP contribution in [0.15, 0.2) is 45.8 Å². The van der Waals surface area contributed by atoms with Crippen molar-refractivity contribution in [1.29, 1.82) is 5.26 Å². The number of aliphatic carboxylic acids is 1. The number of aliphatic hydroxyl groups is 1. The maximum Gasteiger partial charge on any atom is 0.328 e. The maximum absolute atomic E-state index is 13.2. The second kappa shape index (κ2) is 12.5. The lowest BCUT2D eigenvalue weighted by molar-refractivity contribution is -0.138. The summed E-state index contributed by atoms with van der Waals surface area (Å²) >= 11 is 0. The Hall–Kier alpha value is -5.29. The lowest BCUT2D eigenvalue weighted by Gasteiger charge is -2.35. The average Bonchev–Trinajstić information content (AvgIpc) is 3.41. The van der Waals surface area contributed by atoms with Crippen molar-refractivity contribution in [3.8, 4) is 17.7 Å². The molecular formula is C30H32N6O8. The number of likely N-dealkylation sites (tertiary alicyclic amines) is 1. The molecule has 0 radical (unpaired) electrons. The molecule has 3 atom stereocenters. The number of rotatable bonds is 6. The number of benzene rings is 2. The van der Waals surface area contributed by atoms with E-state index >= 15 is 0 Å². The average molecular weight is 605 g/mol. The standard InChI is InChI=1S/C30H32N6O8/c1-16-8-19(37)14-36(12-16)30(33-15-31)32-11-21(29(42)43)34-27(40)25-22(38)9-18-13-35(7-6-20(18)26(25)39)28(41)24-10-17-4-2-3-5-23(17)44-24/h2-5,9-10,16,19,21,37-39H,6-8,11-14H2,1H3,(H,32,33)(H,34,40)(H,42,43)/t16-,19+,21+/m1/s1. The second-order valence-corrected chi connectivity index (χ2v) is 11.0. The minimum atomic E-state index is -1.57. The first-order valence-electron chi connectivity index (χ1n) is 14.1. The van der Waals surface area contributed by atoms with Gasteiger partial charge in [0.05, 0.1) is 12.6 Å². The zero-order valence-corrected chi connectivity index (χ0v) is 23.9. The van der Waals surface area contributed by atoms with Gasteiger partial charge in [0.25, 0.3) is 11.8 Å². The van der Waals surface area contributed by atoms with Crippen LogP contribution >= 0.6 is 0 Å². The SMILES string of the molecule is C[C@@H]1C[C@H](O)CN(C(=NC[C@H](NC(=O)c2c(O)cc3c(c2O)CCN(C(=O)c2cc4ccccc4o2)C3)C(=O)O)NC#N)C1. The van der Waals surface area contributed by atoms with Gasteiger partial charge in [0, 0.05) is 37.1 Å². The number of β-amino-alcohol motifs (C(OH)–C–C–N with tert-alkyl or cyclic N) is 1. The summed E-state index contributed by atoms with van der Waals surface area (Å²) in [4.78, 5) is 45.6. The van der Waals surface area contributed by atoms with Crippen LogP contribution in [0.1, 0.15) is 45.4 Å². The molecule has 5 rings (SSSR count). The van der Waals surface area contributed by atoms with Crippen molar-refractivity contribution in [2.75, 3.05) is 26.2 Å².